The van der Waals surface area contributed by atoms with E-state index in [1.54, 1.807) is 18.2 Å². The SMILES string of the molecule is COc1ccccc1CC(=O)c1cc(Br)cc([N+](=O)[O-])c1. The average Bonchev–Trinajstić information content (AvgIpc) is 2.47. The average molecular weight is 350 g/mol. The quantitative estimate of drug-likeness (QED) is 0.467. The molecule has 0 unspecified atom stereocenters. The highest BCUT2D eigenvalue weighted by Gasteiger charge is 2.15. The monoisotopic (exact) mass is 349 g/mol. The minimum Gasteiger partial charge on any atom is -0.496 e. The molecule has 0 aliphatic carbocycles. The van der Waals surface area contributed by atoms with Crippen molar-refractivity contribution in [2.75, 3.05) is 7.11 Å². The Bertz CT molecular complexity index is 700. The van der Waals surface area contributed by atoms with Gasteiger partial charge in [-0.1, -0.05) is 34.1 Å². The number of halogens is 1. The standard InChI is InChI=1S/C15H12BrNO4/c1-21-15-5-3-2-4-10(15)8-14(18)11-6-12(16)9-13(7-11)17(19)20/h2-7,9H,8H2,1H3. The van der Waals surface area contributed by atoms with E-state index in [2.05, 4.69) is 15.9 Å². The van der Waals surface area contributed by atoms with E-state index in [0.29, 0.717) is 15.8 Å². The number of ether oxygens (including phenoxy) is 1. The Morgan fingerprint density at radius 1 is 1.29 bits per heavy atom. The lowest BCUT2D eigenvalue weighted by atomic mass is 10.0. The van der Waals surface area contributed by atoms with Gasteiger partial charge in [-0.25, -0.2) is 0 Å². The zero-order valence-corrected chi connectivity index (χ0v) is 12.8. The number of nitro groups is 1. The molecule has 21 heavy (non-hydrogen) atoms. The van der Waals surface area contributed by atoms with Gasteiger partial charge in [-0.15, -0.1) is 0 Å². The summed E-state index contributed by atoms with van der Waals surface area (Å²) >= 11 is 3.18. The van der Waals surface area contributed by atoms with E-state index in [0.717, 1.165) is 5.56 Å². The molecular weight excluding hydrogens is 338 g/mol. The number of ketones is 1. The van der Waals surface area contributed by atoms with Crippen molar-refractivity contribution < 1.29 is 14.5 Å². The lowest BCUT2D eigenvalue weighted by Gasteiger charge is -2.07. The Morgan fingerprint density at radius 2 is 2.00 bits per heavy atom. The molecule has 0 bridgehead atoms. The van der Waals surface area contributed by atoms with Gasteiger partial charge in [0.15, 0.2) is 5.78 Å². The summed E-state index contributed by atoms with van der Waals surface area (Å²) in [5.41, 5.74) is 0.919. The summed E-state index contributed by atoms with van der Waals surface area (Å²) in [6, 6.07) is 11.4. The normalized spacial score (nSPS) is 10.2. The highest BCUT2D eigenvalue weighted by molar-refractivity contribution is 9.10. The van der Waals surface area contributed by atoms with Crippen molar-refractivity contribution in [3.63, 3.8) is 0 Å². The third kappa shape index (κ3) is 3.66. The molecule has 0 heterocycles. The number of non-ortho nitro benzene ring substituents is 1. The molecule has 5 nitrogen and oxygen atoms in total. The van der Waals surface area contributed by atoms with Crippen LogP contribution in [0.3, 0.4) is 0 Å². The van der Waals surface area contributed by atoms with Crippen LogP contribution in [0.1, 0.15) is 15.9 Å². The van der Waals surface area contributed by atoms with Gasteiger partial charge in [0.25, 0.3) is 5.69 Å². The van der Waals surface area contributed by atoms with Crippen LogP contribution in [-0.2, 0) is 6.42 Å². The van der Waals surface area contributed by atoms with Crippen molar-refractivity contribution in [3.8, 4) is 5.75 Å². The zero-order chi connectivity index (χ0) is 15.4. The molecule has 0 spiro atoms. The van der Waals surface area contributed by atoms with Crippen molar-refractivity contribution in [3.05, 3.63) is 68.2 Å². The minimum atomic E-state index is -0.523. The Hall–Kier alpha value is -2.21. The van der Waals surface area contributed by atoms with Gasteiger partial charge in [-0.2, -0.15) is 0 Å². The summed E-state index contributed by atoms with van der Waals surface area (Å²) in [5, 5.41) is 10.8. The predicted molar refractivity (Wildman–Crippen MR) is 81.8 cm³/mol. The predicted octanol–water partition coefficient (Wildman–Crippen LogP) is 3.79. The molecule has 0 saturated carbocycles. The number of carbonyl (C=O) groups excluding carboxylic acids is 1. The van der Waals surface area contributed by atoms with E-state index in [4.69, 9.17) is 4.74 Å². The Balaban J connectivity index is 2.30. The largest absolute Gasteiger partial charge is 0.496 e. The van der Waals surface area contributed by atoms with Gasteiger partial charge in [-0.3, -0.25) is 14.9 Å². The van der Waals surface area contributed by atoms with Crippen LogP contribution in [0.4, 0.5) is 5.69 Å². The molecule has 2 aromatic carbocycles. The van der Waals surface area contributed by atoms with E-state index < -0.39 is 4.92 Å². The van der Waals surface area contributed by atoms with Crippen LogP contribution in [0.15, 0.2) is 46.9 Å². The number of Topliss-reactive ketones (excluding diaryl/α,β-unsaturated/α-hetero) is 1. The first-order chi connectivity index (χ1) is 10.0. The van der Waals surface area contributed by atoms with E-state index in [-0.39, 0.29) is 17.9 Å². The highest BCUT2D eigenvalue weighted by atomic mass is 79.9. The van der Waals surface area contributed by atoms with Crippen molar-refractivity contribution in [2.45, 2.75) is 6.42 Å². The fraction of sp³-hybridized carbons (Fsp3) is 0.133. The van der Waals surface area contributed by atoms with Crippen LogP contribution in [0.5, 0.6) is 5.75 Å². The summed E-state index contributed by atoms with van der Waals surface area (Å²) in [6.07, 6.45) is 0.123. The summed E-state index contributed by atoms with van der Waals surface area (Å²) in [5.74, 6) is 0.416. The molecule has 0 fully saturated rings. The molecule has 2 aromatic rings. The summed E-state index contributed by atoms with van der Waals surface area (Å²) < 4.78 is 5.70. The van der Waals surface area contributed by atoms with E-state index >= 15 is 0 Å². The second kappa shape index (κ2) is 6.49. The maximum atomic E-state index is 12.3. The lowest BCUT2D eigenvalue weighted by Crippen LogP contribution is -2.05. The highest BCUT2D eigenvalue weighted by Crippen LogP contribution is 2.24. The van der Waals surface area contributed by atoms with Crippen LogP contribution in [0.25, 0.3) is 0 Å². The van der Waals surface area contributed by atoms with Crippen LogP contribution in [0.2, 0.25) is 0 Å². The van der Waals surface area contributed by atoms with Crippen molar-refractivity contribution in [1.29, 1.82) is 0 Å². The lowest BCUT2D eigenvalue weighted by molar-refractivity contribution is -0.385. The van der Waals surface area contributed by atoms with Gasteiger partial charge < -0.3 is 4.74 Å². The van der Waals surface area contributed by atoms with Crippen LogP contribution < -0.4 is 4.74 Å². The molecule has 0 atom stereocenters. The molecule has 6 heteroatoms. The molecule has 0 N–H and O–H groups in total. The number of nitro benzene ring substituents is 1. The first kappa shape index (κ1) is 15.2. The smallest absolute Gasteiger partial charge is 0.271 e. The molecule has 2 rings (SSSR count). The zero-order valence-electron chi connectivity index (χ0n) is 11.2. The first-order valence-electron chi connectivity index (χ1n) is 6.11. The number of hydrogen-bond donors (Lipinski definition) is 0. The Kier molecular flexibility index (Phi) is 4.70. The van der Waals surface area contributed by atoms with Gasteiger partial charge in [0, 0.05) is 34.2 Å². The number of methoxy groups -OCH3 is 1. The molecule has 0 aromatic heterocycles. The maximum Gasteiger partial charge on any atom is 0.271 e. The minimum absolute atomic E-state index is 0.118. The molecule has 0 aliphatic heterocycles. The molecule has 108 valence electrons. The van der Waals surface area contributed by atoms with Crippen LogP contribution >= 0.6 is 15.9 Å². The molecule has 0 saturated heterocycles. The number of hydrogen-bond acceptors (Lipinski definition) is 4. The number of carbonyl (C=O) groups is 1. The second-order valence-corrected chi connectivity index (χ2v) is 5.28. The van der Waals surface area contributed by atoms with Gasteiger partial charge in [0.05, 0.1) is 12.0 Å². The number of nitrogens with zero attached hydrogens (tertiary/aromatic N) is 1. The van der Waals surface area contributed by atoms with Crippen LogP contribution in [0, 0.1) is 10.1 Å². The van der Waals surface area contributed by atoms with Gasteiger partial charge in [0.1, 0.15) is 5.75 Å². The van der Waals surface area contributed by atoms with E-state index in [1.165, 1.54) is 19.2 Å². The fourth-order valence-corrected chi connectivity index (χ4v) is 2.45. The Labute approximate surface area is 129 Å². The van der Waals surface area contributed by atoms with E-state index in [9.17, 15) is 14.9 Å². The van der Waals surface area contributed by atoms with Crippen molar-refractivity contribution in [1.82, 2.24) is 0 Å². The molecular formula is C15H12BrNO4. The number of benzene rings is 2. The van der Waals surface area contributed by atoms with Gasteiger partial charge in [0.2, 0.25) is 0 Å². The summed E-state index contributed by atoms with van der Waals surface area (Å²) in [6.45, 7) is 0. The second-order valence-electron chi connectivity index (χ2n) is 4.37. The van der Waals surface area contributed by atoms with Crippen molar-refractivity contribution >= 4 is 27.4 Å². The number of rotatable bonds is 5. The topological polar surface area (TPSA) is 69.4 Å². The van der Waals surface area contributed by atoms with Crippen LogP contribution in [-0.4, -0.2) is 17.8 Å². The summed E-state index contributed by atoms with van der Waals surface area (Å²) in [7, 11) is 1.53. The molecule has 0 aliphatic rings. The molecule has 0 amide bonds. The van der Waals surface area contributed by atoms with Gasteiger partial charge in [-0.05, 0) is 12.1 Å². The third-order valence-corrected chi connectivity index (χ3v) is 3.42. The molecule has 0 radical (unpaired) electrons. The van der Waals surface area contributed by atoms with Gasteiger partial charge >= 0.3 is 0 Å². The number of para-hydroxylation sites is 1. The Morgan fingerprint density at radius 3 is 2.67 bits per heavy atom. The third-order valence-electron chi connectivity index (χ3n) is 2.96. The summed E-state index contributed by atoms with van der Waals surface area (Å²) in [4.78, 5) is 22.6. The van der Waals surface area contributed by atoms with E-state index in [1.807, 2.05) is 12.1 Å². The maximum absolute atomic E-state index is 12.3. The van der Waals surface area contributed by atoms with Crippen molar-refractivity contribution in [2.24, 2.45) is 0 Å². The fourth-order valence-electron chi connectivity index (χ4n) is 1.96. The first-order valence-corrected chi connectivity index (χ1v) is 6.90.